The molecule has 3 heterocycles. The van der Waals surface area contributed by atoms with Crippen molar-refractivity contribution in [3.8, 4) is 56.5 Å². The Morgan fingerprint density at radius 2 is 1.74 bits per heavy atom. The molecule has 0 atom stereocenters. The first-order chi connectivity index (χ1) is 23.4. The van der Waals surface area contributed by atoms with Gasteiger partial charge in [0.05, 0.1) is 28.3 Å². The van der Waals surface area contributed by atoms with E-state index in [0.717, 1.165) is 12.3 Å². The fourth-order valence-electron chi connectivity index (χ4n) is 5.65. The zero-order chi connectivity index (χ0) is 36.3. The van der Waals surface area contributed by atoms with Crippen LogP contribution in [0.2, 0.25) is 0 Å². The number of nitrogens with one attached hydrogen (secondary N) is 2. The van der Waals surface area contributed by atoms with E-state index in [9.17, 15) is 22.3 Å². The van der Waals surface area contributed by atoms with Crippen LogP contribution in [-0.4, -0.2) is 53.1 Å². The molecule has 3 aromatic carbocycles. The highest BCUT2D eigenvalue weighted by Gasteiger charge is 2.43. The van der Waals surface area contributed by atoms with Crippen molar-refractivity contribution in [1.82, 2.24) is 14.8 Å². The van der Waals surface area contributed by atoms with E-state index in [2.05, 4.69) is 19.6 Å². The second kappa shape index (κ2) is 12.1. The predicted molar refractivity (Wildman–Crippen MR) is 176 cm³/mol. The van der Waals surface area contributed by atoms with Crippen LogP contribution in [0.25, 0.3) is 45.0 Å². The van der Waals surface area contributed by atoms with E-state index < -0.39 is 34.0 Å². The third-order valence-electron chi connectivity index (χ3n) is 8.26. The number of aromatic nitrogens is 3. The van der Waals surface area contributed by atoms with E-state index in [-0.39, 0.29) is 50.8 Å². The molecule has 16 heteroatoms. The lowest BCUT2D eigenvalue weighted by molar-refractivity contribution is -0.286. The van der Waals surface area contributed by atoms with Gasteiger partial charge in [-0.05, 0) is 67.4 Å². The highest BCUT2D eigenvalue weighted by molar-refractivity contribution is 7.90. The van der Waals surface area contributed by atoms with Crippen LogP contribution in [0.15, 0.2) is 63.9 Å². The van der Waals surface area contributed by atoms with E-state index in [1.54, 1.807) is 56.8 Å². The molecular formula is C34H30F3N5O7S. The highest BCUT2D eigenvalue weighted by atomic mass is 32.2. The normalized spacial score (nSPS) is 13.8. The van der Waals surface area contributed by atoms with E-state index in [4.69, 9.17) is 20.0 Å². The molecule has 0 spiro atoms. The molecule has 1 aliphatic rings. The van der Waals surface area contributed by atoms with Gasteiger partial charge in [0.25, 0.3) is 0 Å². The quantitative estimate of drug-likeness (QED) is 0.112. The summed E-state index contributed by atoms with van der Waals surface area (Å²) in [5.74, 6) is -1.12. The molecule has 0 saturated heterocycles. The molecule has 5 aromatic rings. The number of rotatable bonds is 9. The molecule has 0 fully saturated rings. The van der Waals surface area contributed by atoms with Crippen LogP contribution >= 0.6 is 0 Å². The van der Waals surface area contributed by atoms with Gasteiger partial charge in [-0.3, -0.25) is 15.5 Å². The predicted octanol–water partition coefficient (Wildman–Crippen LogP) is 6.62. The van der Waals surface area contributed by atoms with Crippen molar-refractivity contribution >= 4 is 22.1 Å². The Labute approximate surface area is 284 Å². The average Bonchev–Trinajstić information content (AvgIpc) is 3.72. The van der Waals surface area contributed by atoms with Gasteiger partial charge in [0.1, 0.15) is 11.5 Å². The number of halogens is 3. The van der Waals surface area contributed by atoms with Crippen LogP contribution in [0.3, 0.4) is 0 Å². The summed E-state index contributed by atoms with van der Waals surface area (Å²) in [6.45, 7) is 4.18. The monoisotopic (exact) mass is 709 g/mol. The number of aliphatic hydroxyl groups excluding tert-OH is 1. The Balaban J connectivity index is 1.59. The number of alkyl halides is 2. The van der Waals surface area contributed by atoms with Crippen LogP contribution in [0.4, 0.5) is 13.2 Å². The Morgan fingerprint density at radius 3 is 2.42 bits per heavy atom. The van der Waals surface area contributed by atoms with Gasteiger partial charge in [-0.1, -0.05) is 12.1 Å². The topological polar surface area (TPSA) is 174 Å². The van der Waals surface area contributed by atoms with Crippen LogP contribution in [-0.2, 0) is 33.6 Å². The maximum Gasteiger partial charge on any atom is 0.586 e. The second-order valence-electron chi connectivity index (χ2n) is 12.1. The van der Waals surface area contributed by atoms with Gasteiger partial charge in [0.2, 0.25) is 0 Å². The fourth-order valence-corrected chi connectivity index (χ4v) is 6.60. The standard InChI is InChI=1S/C34H30F3N5O7S/c1-17-40-30(19-7-9-26-27(12-19)49-34(36,37)48-26)31(47-17)22-10-18(20-11-24(35)23(15-43)28(13-20)50(5,44)45)6-8-21(22)25-14-29(41-42(25)4)33(2,3)32(39)46-16-38/h6-14,16,38-39,43H,15H2,1-5H3. The number of hydrogen-bond acceptors (Lipinski definition) is 11. The first-order valence-corrected chi connectivity index (χ1v) is 16.8. The molecule has 0 bridgehead atoms. The number of benzene rings is 3. The lowest BCUT2D eigenvalue weighted by Gasteiger charge is -2.21. The van der Waals surface area contributed by atoms with Crippen molar-refractivity contribution in [2.24, 2.45) is 7.05 Å². The van der Waals surface area contributed by atoms with Crippen LogP contribution < -0.4 is 9.47 Å². The average molecular weight is 710 g/mol. The van der Waals surface area contributed by atoms with Gasteiger partial charge in [-0.25, -0.2) is 17.8 Å². The number of hydrogen-bond donors (Lipinski definition) is 3. The Hall–Kier alpha value is -5.48. The van der Waals surface area contributed by atoms with Crippen LogP contribution in [0.5, 0.6) is 11.5 Å². The van der Waals surface area contributed by atoms with Crippen molar-refractivity contribution in [3.05, 3.63) is 77.6 Å². The molecule has 6 rings (SSSR count). The van der Waals surface area contributed by atoms with Gasteiger partial charge in [-0.2, -0.15) is 5.10 Å². The smallest absolute Gasteiger partial charge is 0.440 e. The molecule has 0 radical (unpaired) electrons. The van der Waals surface area contributed by atoms with Crippen LogP contribution in [0.1, 0.15) is 31.0 Å². The van der Waals surface area contributed by atoms with Gasteiger partial charge < -0.3 is 23.7 Å². The van der Waals surface area contributed by atoms with Gasteiger partial charge in [0, 0.05) is 42.5 Å². The molecular weight excluding hydrogens is 679 g/mol. The third-order valence-corrected chi connectivity index (χ3v) is 9.42. The molecule has 1 aliphatic heterocycles. The number of aryl methyl sites for hydroxylation is 2. The van der Waals surface area contributed by atoms with Crippen molar-refractivity contribution in [3.63, 3.8) is 0 Å². The van der Waals surface area contributed by atoms with Gasteiger partial charge >= 0.3 is 6.29 Å². The van der Waals surface area contributed by atoms with Crippen molar-refractivity contribution in [2.75, 3.05) is 6.26 Å². The highest BCUT2D eigenvalue weighted by Crippen LogP contribution is 2.46. The Bertz CT molecular complexity index is 2320. The third kappa shape index (κ3) is 6.11. The molecule has 2 aromatic heterocycles. The van der Waals surface area contributed by atoms with Gasteiger partial charge in [-0.15, -0.1) is 8.78 Å². The zero-order valence-electron chi connectivity index (χ0n) is 27.3. The molecule has 0 saturated carbocycles. The first kappa shape index (κ1) is 34.4. The van der Waals surface area contributed by atoms with Crippen molar-refractivity contribution in [1.29, 1.82) is 10.8 Å². The Kier molecular flexibility index (Phi) is 8.35. The van der Waals surface area contributed by atoms with Crippen LogP contribution in [0, 0.1) is 23.6 Å². The summed E-state index contributed by atoms with van der Waals surface area (Å²) >= 11 is 0. The summed E-state index contributed by atoms with van der Waals surface area (Å²) < 4.78 is 90.1. The van der Waals surface area contributed by atoms with Crippen molar-refractivity contribution in [2.45, 2.75) is 44.0 Å². The Morgan fingerprint density at radius 1 is 1.04 bits per heavy atom. The lowest BCUT2D eigenvalue weighted by atomic mass is 9.88. The maximum atomic E-state index is 15.3. The number of oxazole rings is 1. The summed E-state index contributed by atoms with van der Waals surface area (Å²) in [7, 11) is -2.27. The molecule has 0 amide bonds. The lowest BCUT2D eigenvalue weighted by Crippen LogP contribution is -2.30. The van der Waals surface area contributed by atoms with E-state index >= 15 is 4.39 Å². The number of aliphatic hydroxyl groups is 1. The summed E-state index contributed by atoms with van der Waals surface area (Å²) in [6, 6.07) is 13.2. The summed E-state index contributed by atoms with van der Waals surface area (Å²) in [5, 5.41) is 29.9. The maximum absolute atomic E-state index is 15.3. The summed E-state index contributed by atoms with van der Waals surface area (Å²) in [5.41, 5.74) is 1.58. The summed E-state index contributed by atoms with van der Waals surface area (Å²) in [6.07, 6.45) is -2.28. The minimum Gasteiger partial charge on any atom is -0.440 e. The molecule has 3 N–H and O–H groups in total. The second-order valence-corrected chi connectivity index (χ2v) is 14.1. The van der Waals surface area contributed by atoms with E-state index in [1.165, 1.54) is 24.3 Å². The largest absolute Gasteiger partial charge is 0.586 e. The molecule has 50 heavy (non-hydrogen) atoms. The molecule has 12 nitrogen and oxygen atoms in total. The number of nitrogens with zero attached hydrogens (tertiary/aromatic N) is 3. The number of fused-ring (bicyclic) bond motifs is 1. The number of ether oxygens (including phenoxy) is 3. The first-order valence-electron chi connectivity index (χ1n) is 14.9. The number of sulfone groups is 1. The zero-order valence-corrected chi connectivity index (χ0v) is 28.1. The van der Waals surface area contributed by atoms with E-state index in [1.807, 2.05) is 0 Å². The minimum atomic E-state index is -3.95. The fraction of sp³-hybridized carbons (Fsp3) is 0.235. The molecule has 0 aliphatic carbocycles. The molecule has 0 unspecified atom stereocenters. The minimum absolute atomic E-state index is 0.166. The van der Waals surface area contributed by atoms with E-state index in [0.29, 0.717) is 40.0 Å². The SMILES string of the molecule is Cc1nc(-c2ccc3c(c2)OC(F)(F)O3)c(-c2cc(-c3cc(F)c(CO)c(S(C)(=O)=O)c3)ccc2-c2cc(C(C)(C)C(=N)OC=N)nn2C)o1. The van der Waals surface area contributed by atoms with Gasteiger partial charge in [0.15, 0.2) is 45.3 Å². The van der Waals surface area contributed by atoms with Crippen molar-refractivity contribution < 1.29 is 45.3 Å². The summed E-state index contributed by atoms with van der Waals surface area (Å²) in [4.78, 5) is 4.17. The molecule has 260 valence electrons.